The van der Waals surface area contributed by atoms with Crippen LogP contribution in [-0.4, -0.2) is 41.7 Å². The van der Waals surface area contributed by atoms with Crippen LogP contribution in [0, 0.1) is 5.92 Å². The summed E-state index contributed by atoms with van der Waals surface area (Å²) in [4.78, 5) is 0. The summed E-state index contributed by atoms with van der Waals surface area (Å²) in [5.74, 6) is 0.273. The summed E-state index contributed by atoms with van der Waals surface area (Å²) in [6.07, 6.45) is 11.3. The first-order chi connectivity index (χ1) is 9.77. The topological polar surface area (TPSA) is 58.9 Å². The van der Waals surface area contributed by atoms with E-state index in [1.165, 1.54) is 6.42 Å². The molecule has 4 unspecified atom stereocenters. The van der Waals surface area contributed by atoms with E-state index in [1.54, 1.807) is 6.26 Å². The van der Waals surface area contributed by atoms with Gasteiger partial charge >= 0.3 is 0 Å². The molecule has 20 heavy (non-hydrogen) atoms. The second-order valence-corrected chi connectivity index (χ2v) is 6.04. The van der Waals surface area contributed by atoms with Gasteiger partial charge in [0.1, 0.15) is 0 Å². The zero-order chi connectivity index (χ0) is 14.2. The van der Waals surface area contributed by atoms with Crippen molar-refractivity contribution in [3.8, 4) is 0 Å². The van der Waals surface area contributed by atoms with E-state index >= 15 is 0 Å². The highest BCUT2D eigenvalue weighted by Crippen LogP contribution is 2.24. The molecule has 0 aromatic carbocycles. The van der Waals surface area contributed by atoms with Crippen LogP contribution in [-0.2, 0) is 9.47 Å². The Morgan fingerprint density at radius 2 is 1.60 bits per heavy atom. The van der Waals surface area contributed by atoms with Gasteiger partial charge in [-0.15, -0.1) is 0 Å². The number of ether oxygens (including phenoxy) is 2. The highest BCUT2D eigenvalue weighted by atomic mass is 16.5. The van der Waals surface area contributed by atoms with Crippen LogP contribution < -0.4 is 0 Å². The fraction of sp³-hybridized carbons (Fsp3) is 0.875. The van der Waals surface area contributed by atoms with Gasteiger partial charge in [-0.2, -0.15) is 0 Å². The van der Waals surface area contributed by atoms with Crippen molar-refractivity contribution in [2.24, 2.45) is 5.92 Å². The summed E-state index contributed by atoms with van der Waals surface area (Å²) < 4.78 is 11.1. The molecule has 0 amide bonds. The Morgan fingerprint density at radius 3 is 2.35 bits per heavy atom. The number of hydrogen-bond acceptors (Lipinski definition) is 4. The van der Waals surface area contributed by atoms with E-state index in [4.69, 9.17) is 9.47 Å². The lowest BCUT2D eigenvalue weighted by molar-refractivity contribution is -0.0494. The second-order valence-electron chi connectivity index (χ2n) is 6.04. The van der Waals surface area contributed by atoms with Crippen molar-refractivity contribution in [3.63, 3.8) is 0 Å². The molecular formula is C16H28O4. The van der Waals surface area contributed by atoms with Crippen LogP contribution in [0.25, 0.3) is 0 Å². The molecule has 2 N–H and O–H groups in total. The van der Waals surface area contributed by atoms with E-state index in [2.05, 4.69) is 0 Å². The van der Waals surface area contributed by atoms with Crippen molar-refractivity contribution in [1.29, 1.82) is 0 Å². The zero-order valence-electron chi connectivity index (χ0n) is 12.2. The van der Waals surface area contributed by atoms with Crippen molar-refractivity contribution < 1.29 is 19.7 Å². The van der Waals surface area contributed by atoms with Gasteiger partial charge in [0, 0.05) is 5.92 Å². The third-order valence-electron chi connectivity index (χ3n) is 4.45. The van der Waals surface area contributed by atoms with Crippen molar-refractivity contribution >= 4 is 0 Å². The molecule has 2 saturated carbocycles. The summed E-state index contributed by atoms with van der Waals surface area (Å²) in [5, 5.41) is 19.6. The molecule has 0 aromatic rings. The lowest BCUT2D eigenvalue weighted by Gasteiger charge is -2.27. The number of aliphatic hydroxyl groups excluding tert-OH is 2. The van der Waals surface area contributed by atoms with Gasteiger partial charge in [-0.3, -0.25) is 0 Å². The fourth-order valence-electron chi connectivity index (χ4n) is 3.12. The minimum Gasteiger partial charge on any atom is -0.501 e. The third-order valence-corrected chi connectivity index (χ3v) is 4.45. The molecule has 4 nitrogen and oxygen atoms in total. The van der Waals surface area contributed by atoms with Crippen LogP contribution in [0.3, 0.4) is 0 Å². The van der Waals surface area contributed by atoms with Crippen molar-refractivity contribution in [2.75, 3.05) is 13.2 Å². The van der Waals surface area contributed by atoms with Gasteiger partial charge in [0.2, 0.25) is 0 Å². The average molecular weight is 284 g/mol. The minimum atomic E-state index is -0.310. The van der Waals surface area contributed by atoms with Gasteiger partial charge in [-0.1, -0.05) is 25.7 Å². The van der Waals surface area contributed by atoms with E-state index < -0.39 is 0 Å². The molecule has 2 rings (SSSR count). The average Bonchev–Trinajstić information content (AvgIpc) is 2.46. The number of rotatable bonds is 6. The lowest BCUT2D eigenvalue weighted by Crippen LogP contribution is -2.32. The Labute approximate surface area is 121 Å². The molecule has 2 aliphatic rings. The maximum Gasteiger partial charge on any atom is 0.0926 e. The van der Waals surface area contributed by atoms with Crippen LogP contribution in [0.15, 0.2) is 12.3 Å². The SMILES string of the molecule is OC1CCCCC1CO/C=C\COC1CCCCC1O. The molecule has 0 radical (unpaired) electrons. The predicted molar refractivity (Wildman–Crippen MR) is 77.3 cm³/mol. The highest BCUT2D eigenvalue weighted by Gasteiger charge is 2.23. The Bertz CT molecular complexity index is 264. The Balaban J connectivity index is 1.55. The van der Waals surface area contributed by atoms with Gasteiger partial charge in [0.25, 0.3) is 0 Å². The summed E-state index contributed by atoms with van der Waals surface area (Å²) in [7, 11) is 0. The van der Waals surface area contributed by atoms with E-state index in [9.17, 15) is 10.2 Å². The Morgan fingerprint density at radius 1 is 0.900 bits per heavy atom. The largest absolute Gasteiger partial charge is 0.501 e. The fourth-order valence-corrected chi connectivity index (χ4v) is 3.12. The standard InChI is InChI=1S/C16H28O4/c17-14-7-2-1-6-13(14)12-19-10-5-11-20-16-9-4-3-8-15(16)18/h5,10,13-18H,1-4,6-9,11-12H2/b10-5-. The van der Waals surface area contributed by atoms with E-state index in [0.29, 0.717) is 13.2 Å². The van der Waals surface area contributed by atoms with Crippen LogP contribution in [0.5, 0.6) is 0 Å². The van der Waals surface area contributed by atoms with E-state index in [0.717, 1.165) is 44.9 Å². The molecule has 0 saturated heterocycles. The summed E-state index contributed by atoms with van der Waals surface area (Å²) >= 11 is 0. The van der Waals surface area contributed by atoms with Gasteiger partial charge in [0.05, 0.1) is 37.8 Å². The molecule has 2 aliphatic carbocycles. The van der Waals surface area contributed by atoms with Crippen LogP contribution in [0.4, 0.5) is 0 Å². The van der Waals surface area contributed by atoms with Crippen LogP contribution in [0.1, 0.15) is 51.4 Å². The molecule has 2 fully saturated rings. The molecule has 0 spiro atoms. The molecule has 4 heteroatoms. The number of aliphatic hydroxyl groups is 2. The summed E-state index contributed by atoms with van der Waals surface area (Å²) in [6.45, 7) is 1.07. The number of hydrogen-bond donors (Lipinski definition) is 2. The van der Waals surface area contributed by atoms with Crippen molar-refractivity contribution in [3.05, 3.63) is 12.3 Å². The van der Waals surface area contributed by atoms with Gasteiger partial charge < -0.3 is 19.7 Å². The third kappa shape index (κ3) is 5.08. The monoisotopic (exact) mass is 284 g/mol. The molecule has 0 aromatic heterocycles. The summed E-state index contributed by atoms with van der Waals surface area (Å²) in [5.41, 5.74) is 0. The first-order valence-electron chi connectivity index (χ1n) is 8.01. The molecule has 0 heterocycles. The molecule has 0 aliphatic heterocycles. The highest BCUT2D eigenvalue weighted by molar-refractivity contribution is 4.80. The quantitative estimate of drug-likeness (QED) is 0.735. The van der Waals surface area contributed by atoms with Gasteiger partial charge in [-0.25, -0.2) is 0 Å². The van der Waals surface area contributed by atoms with Gasteiger partial charge in [-0.05, 0) is 31.8 Å². The normalized spacial score (nSPS) is 35.3. The van der Waals surface area contributed by atoms with Crippen LogP contribution >= 0.6 is 0 Å². The molecular weight excluding hydrogens is 256 g/mol. The summed E-state index contributed by atoms with van der Waals surface area (Å²) in [6, 6.07) is 0. The predicted octanol–water partition coefficient (Wildman–Crippen LogP) is 2.39. The molecule has 0 bridgehead atoms. The molecule has 4 atom stereocenters. The van der Waals surface area contributed by atoms with E-state index in [1.807, 2.05) is 6.08 Å². The Hall–Kier alpha value is -0.580. The maximum atomic E-state index is 9.81. The minimum absolute atomic E-state index is 0.0198. The van der Waals surface area contributed by atoms with Crippen LogP contribution in [0.2, 0.25) is 0 Å². The first kappa shape index (κ1) is 15.8. The van der Waals surface area contributed by atoms with Crippen molar-refractivity contribution in [2.45, 2.75) is 69.7 Å². The maximum absolute atomic E-state index is 9.81. The second kappa shape index (κ2) is 8.65. The zero-order valence-corrected chi connectivity index (χ0v) is 12.2. The van der Waals surface area contributed by atoms with E-state index in [-0.39, 0.29) is 24.2 Å². The Kier molecular flexibility index (Phi) is 6.83. The van der Waals surface area contributed by atoms with Gasteiger partial charge in [0.15, 0.2) is 0 Å². The lowest BCUT2D eigenvalue weighted by atomic mass is 9.87. The first-order valence-corrected chi connectivity index (χ1v) is 8.01. The smallest absolute Gasteiger partial charge is 0.0926 e. The van der Waals surface area contributed by atoms with Crippen molar-refractivity contribution in [1.82, 2.24) is 0 Å². The molecule has 116 valence electrons.